The lowest BCUT2D eigenvalue weighted by Crippen LogP contribution is -2.30. The van der Waals surface area contributed by atoms with Gasteiger partial charge in [0.05, 0.1) is 18.5 Å². The summed E-state index contributed by atoms with van der Waals surface area (Å²) in [7, 11) is 1.60. The Morgan fingerprint density at radius 2 is 2.15 bits per heavy atom. The van der Waals surface area contributed by atoms with Crippen LogP contribution in [0.2, 0.25) is 0 Å². The number of aliphatic carboxylic acids is 1. The number of hydrogen-bond acceptors (Lipinski definition) is 3. The Hall–Kier alpha value is -2.37. The Morgan fingerprint density at radius 3 is 2.80 bits per heavy atom. The quantitative estimate of drug-likeness (QED) is 0.887. The summed E-state index contributed by atoms with van der Waals surface area (Å²) in [6.45, 7) is 2.18. The molecule has 0 aliphatic heterocycles. The highest BCUT2D eigenvalue weighted by Gasteiger charge is 2.13. The fraction of sp³-hybridized carbons (Fsp3) is 0.357. The number of rotatable bonds is 5. The molecule has 0 fully saturated rings. The Kier molecular flexibility index (Phi) is 4.02. The highest BCUT2D eigenvalue weighted by Crippen LogP contribution is 2.09. The summed E-state index contributed by atoms with van der Waals surface area (Å²) in [6.07, 6.45) is 1.97. The molecule has 0 atom stereocenters. The van der Waals surface area contributed by atoms with Crippen molar-refractivity contribution in [1.82, 2.24) is 14.3 Å². The van der Waals surface area contributed by atoms with Crippen molar-refractivity contribution in [2.24, 2.45) is 0 Å². The van der Waals surface area contributed by atoms with Gasteiger partial charge in [0.2, 0.25) is 5.91 Å². The zero-order chi connectivity index (χ0) is 14.7. The van der Waals surface area contributed by atoms with Crippen LogP contribution in [0.15, 0.2) is 24.4 Å². The summed E-state index contributed by atoms with van der Waals surface area (Å²) < 4.78 is 1.93. The van der Waals surface area contributed by atoms with Gasteiger partial charge in [0.1, 0.15) is 5.65 Å². The number of hydrogen-bond donors (Lipinski definition) is 1. The first-order valence-corrected chi connectivity index (χ1v) is 6.36. The van der Waals surface area contributed by atoms with Crippen LogP contribution in [-0.2, 0) is 16.0 Å². The molecular weight excluding hydrogens is 258 g/mol. The van der Waals surface area contributed by atoms with Gasteiger partial charge in [-0.05, 0) is 19.1 Å². The first-order chi connectivity index (χ1) is 9.47. The van der Waals surface area contributed by atoms with Crippen LogP contribution >= 0.6 is 0 Å². The minimum Gasteiger partial charge on any atom is -0.481 e. The van der Waals surface area contributed by atoms with E-state index in [1.807, 2.05) is 35.7 Å². The second kappa shape index (κ2) is 5.73. The van der Waals surface area contributed by atoms with Crippen molar-refractivity contribution in [2.75, 3.05) is 13.6 Å². The second-order valence-corrected chi connectivity index (χ2v) is 4.76. The van der Waals surface area contributed by atoms with Gasteiger partial charge in [-0.2, -0.15) is 0 Å². The third kappa shape index (κ3) is 3.14. The van der Waals surface area contributed by atoms with E-state index >= 15 is 0 Å². The van der Waals surface area contributed by atoms with E-state index < -0.39 is 5.97 Å². The van der Waals surface area contributed by atoms with Crippen molar-refractivity contribution in [3.63, 3.8) is 0 Å². The van der Waals surface area contributed by atoms with E-state index in [9.17, 15) is 9.59 Å². The zero-order valence-electron chi connectivity index (χ0n) is 11.5. The largest absolute Gasteiger partial charge is 0.481 e. The number of aryl methyl sites for hydroxylation is 1. The van der Waals surface area contributed by atoms with Gasteiger partial charge in [-0.25, -0.2) is 4.98 Å². The number of fused-ring (bicyclic) bond motifs is 1. The second-order valence-electron chi connectivity index (χ2n) is 4.76. The van der Waals surface area contributed by atoms with Crippen molar-refractivity contribution >= 4 is 17.5 Å². The number of carbonyl (C=O) groups excluding carboxylic acids is 1. The van der Waals surface area contributed by atoms with Crippen molar-refractivity contribution in [2.45, 2.75) is 19.8 Å². The van der Waals surface area contributed by atoms with Crippen molar-refractivity contribution in [3.8, 4) is 0 Å². The Bertz CT molecular complexity index is 648. The van der Waals surface area contributed by atoms with Crippen LogP contribution in [0, 0.1) is 6.92 Å². The average molecular weight is 275 g/mol. The maximum atomic E-state index is 12.0. The van der Waals surface area contributed by atoms with Gasteiger partial charge in [0.25, 0.3) is 0 Å². The molecule has 6 nitrogen and oxygen atoms in total. The Balaban J connectivity index is 2.06. The third-order valence-electron chi connectivity index (χ3n) is 3.16. The van der Waals surface area contributed by atoms with Crippen LogP contribution in [0.1, 0.15) is 17.8 Å². The first-order valence-electron chi connectivity index (χ1n) is 6.36. The van der Waals surface area contributed by atoms with Gasteiger partial charge in [-0.15, -0.1) is 0 Å². The molecule has 0 radical (unpaired) electrons. The summed E-state index contributed by atoms with van der Waals surface area (Å²) in [6, 6.07) is 5.77. The number of pyridine rings is 1. The fourth-order valence-corrected chi connectivity index (χ4v) is 1.96. The number of carboxylic acid groups (broad SMARTS) is 1. The fourth-order valence-electron chi connectivity index (χ4n) is 1.96. The lowest BCUT2D eigenvalue weighted by Gasteiger charge is -2.14. The number of amides is 1. The highest BCUT2D eigenvalue weighted by atomic mass is 16.4. The van der Waals surface area contributed by atoms with Gasteiger partial charge in [0.15, 0.2) is 0 Å². The minimum absolute atomic E-state index is 0.0491. The molecule has 2 rings (SSSR count). The predicted octanol–water partition coefficient (Wildman–Crippen LogP) is 1.12. The van der Waals surface area contributed by atoms with Gasteiger partial charge >= 0.3 is 5.97 Å². The monoisotopic (exact) mass is 275 g/mol. The number of nitrogens with zero attached hydrogens (tertiary/aromatic N) is 3. The van der Waals surface area contributed by atoms with E-state index in [2.05, 4.69) is 4.98 Å². The predicted molar refractivity (Wildman–Crippen MR) is 73.5 cm³/mol. The SMILES string of the molecule is Cc1cccc2nc(CC(=O)N(C)CCC(=O)O)cn12. The number of imidazole rings is 1. The average Bonchev–Trinajstić information content (AvgIpc) is 2.79. The molecule has 6 heteroatoms. The molecule has 20 heavy (non-hydrogen) atoms. The van der Waals surface area contributed by atoms with Crippen molar-refractivity contribution in [3.05, 3.63) is 35.8 Å². The van der Waals surface area contributed by atoms with Crippen molar-refractivity contribution in [1.29, 1.82) is 0 Å². The van der Waals surface area contributed by atoms with Gasteiger partial charge in [0, 0.05) is 25.5 Å². The zero-order valence-corrected chi connectivity index (χ0v) is 11.5. The lowest BCUT2D eigenvalue weighted by atomic mass is 10.3. The Labute approximate surface area is 116 Å². The molecule has 2 heterocycles. The number of carboxylic acids is 1. The molecule has 0 saturated heterocycles. The number of aromatic nitrogens is 2. The van der Waals surface area contributed by atoms with E-state index in [0.29, 0.717) is 5.69 Å². The molecule has 0 spiro atoms. The van der Waals surface area contributed by atoms with Crippen molar-refractivity contribution < 1.29 is 14.7 Å². The van der Waals surface area contributed by atoms with E-state index in [4.69, 9.17) is 5.11 Å². The number of likely N-dealkylation sites (N-methyl/N-ethyl adjacent to an activating group) is 1. The normalized spacial score (nSPS) is 10.7. The van der Waals surface area contributed by atoms with Crippen LogP contribution in [0.3, 0.4) is 0 Å². The molecule has 0 aromatic carbocycles. The van der Waals surface area contributed by atoms with Crippen LogP contribution in [-0.4, -0.2) is 44.9 Å². The maximum Gasteiger partial charge on any atom is 0.305 e. The van der Waals surface area contributed by atoms with Crippen LogP contribution < -0.4 is 0 Å². The molecule has 0 bridgehead atoms. The third-order valence-corrected chi connectivity index (χ3v) is 3.16. The summed E-state index contributed by atoms with van der Waals surface area (Å²) in [5.41, 5.74) is 2.54. The van der Waals surface area contributed by atoms with Crippen LogP contribution in [0.4, 0.5) is 0 Å². The topological polar surface area (TPSA) is 74.9 Å². The molecule has 0 unspecified atom stereocenters. The molecular formula is C14H17N3O3. The Morgan fingerprint density at radius 1 is 1.40 bits per heavy atom. The molecule has 2 aromatic rings. The molecule has 0 aliphatic carbocycles. The molecule has 0 aliphatic rings. The molecule has 1 N–H and O–H groups in total. The number of carbonyl (C=O) groups is 2. The summed E-state index contributed by atoms with van der Waals surface area (Å²) in [4.78, 5) is 28.3. The van der Waals surface area contributed by atoms with Crippen LogP contribution in [0.25, 0.3) is 5.65 Å². The van der Waals surface area contributed by atoms with Gasteiger partial charge < -0.3 is 14.4 Å². The standard InChI is InChI=1S/C14H17N3O3/c1-10-4-3-5-12-15-11(9-17(10)12)8-13(18)16(2)7-6-14(19)20/h3-5,9H,6-8H2,1-2H3,(H,19,20). The first kappa shape index (κ1) is 14.0. The summed E-state index contributed by atoms with van der Waals surface area (Å²) in [5, 5.41) is 8.61. The maximum absolute atomic E-state index is 12.0. The minimum atomic E-state index is -0.909. The van der Waals surface area contributed by atoms with E-state index in [-0.39, 0.29) is 25.3 Å². The highest BCUT2D eigenvalue weighted by molar-refractivity contribution is 5.79. The van der Waals surface area contributed by atoms with E-state index in [0.717, 1.165) is 11.3 Å². The molecule has 2 aromatic heterocycles. The summed E-state index contributed by atoms with van der Waals surface area (Å²) >= 11 is 0. The van der Waals surface area contributed by atoms with Gasteiger partial charge in [-0.3, -0.25) is 9.59 Å². The smallest absolute Gasteiger partial charge is 0.305 e. The van der Waals surface area contributed by atoms with Gasteiger partial charge in [-0.1, -0.05) is 6.07 Å². The van der Waals surface area contributed by atoms with E-state index in [1.165, 1.54) is 4.90 Å². The van der Waals surface area contributed by atoms with Crippen LogP contribution in [0.5, 0.6) is 0 Å². The molecule has 0 saturated carbocycles. The molecule has 106 valence electrons. The summed E-state index contributed by atoms with van der Waals surface area (Å²) in [5.74, 6) is -1.04. The van der Waals surface area contributed by atoms with E-state index in [1.54, 1.807) is 7.05 Å². The lowest BCUT2D eigenvalue weighted by molar-refractivity contribution is -0.138. The molecule has 1 amide bonds.